The molecule has 0 saturated carbocycles. The lowest BCUT2D eigenvalue weighted by Crippen LogP contribution is -2.40. The number of rotatable bonds is 6. The fourth-order valence-electron chi connectivity index (χ4n) is 4.67. The molecule has 7 heteroatoms. The number of cyclic esters (lactones) is 1. The molecule has 0 bridgehead atoms. The molecule has 1 aromatic carbocycles. The molecule has 166 valence electrons. The van der Waals surface area contributed by atoms with E-state index in [9.17, 15) is 4.79 Å². The Hall–Kier alpha value is -2.93. The van der Waals surface area contributed by atoms with Crippen molar-refractivity contribution in [2.45, 2.75) is 38.8 Å². The van der Waals surface area contributed by atoms with E-state index in [1.54, 1.807) is 20.5 Å². The molecular weight excluding hydrogens is 398 g/mol. The second kappa shape index (κ2) is 8.67. The van der Waals surface area contributed by atoms with Gasteiger partial charge in [-0.25, -0.2) is 4.79 Å². The van der Waals surface area contributed by atoms with Crippen molar-refractivity contribution in [3.05, 3.63) is 52.3 Å². The molecule has 2 unspecified atom stereocenters. The van der Waals surface area contributed by atoms with Crippen molar-refractivity contribution in [2.24, 2.45) is 0 Å². The lowest BCUT2D eigenvalue weighted by molar-refractivity contribution is -0.142. The maximum Gasteiger partial charge on any atom is 0.334 e. The van der Waals surface area contributed by atoms with Crippen molar-refractivity contribution in [1.29, 1.82) is 0 Å². The van der Waals surface area contributed by atoms with Gasteiger partial charge in [0.25, 0.3) is 0 Å². The first-order chi connectivity index (χ1) is 15.0. The van der Waals surface area contributed by atoms with Crippen molar-refractivity contribution in [2.75, 3.05) is 34.6 Å². The van der Waals surface area contributed by atoms with Gasteiger partial charge in [0.2, 0.25) is 12.5 Å². The number of carbonyl (C=O) groups excluding carboxylic acids is 1. The van der Waals surface area contributed by atoms with Crippen molar-refractivity contribution in [3.63, 3.8) is 0 Å². The average molecular weight is 427 g/mol. The van der Waals surface area contributed by atoms with Crippen LogP contribution in [0.25, 0.3) is 0 Å². The van der Waals surface area contributed by atoms with Crippen LogP contribution in [-0.4, -0.2) is 51.6 Å². The van der Waals surface area contributed by atoms with Crippen LogP contribution < -0.4 is 14.2 Å². The number of carbonyl (C=O) groups is 1. The van der Waals surface area contributed by atoms with E-state index in [1.807, 2.05) is 25.2 Å². The normalized spacial score (nSPS) is 23.1. The van der Waals surface area contributed by atoms with Crippen molar-refractivity contribution < 1.29 is 28.5 Å². The summed E-state index contributed by atoms with van der Waals surface area (Å²) in [5, 5.41) is 0. The Morgan fingerprint density at radius 2 is 1.94 bits per heavy atom. The van der Waals surface area contributed by atoms with Gasteiger partial charge in [-0.3, -0.25) is 4.90 Å². The maximum atomic E-state index is 12.6. The minimum atomic E-state index is -0.437. The molecule has 4 rings (SSSR count). The lowest BCUT2D eigenvalue weighted by atomic mass is 9.83. The van der Waals surface area contributed by atoms with E-state index in [0.29, 0.717) is 23.5 Å². The molecule has 3 aliphatic rings. The summed E-state index contributed by atoms with van der Waals surface area (Å²) in [5.41, 5.74) is 4.77. The summed E-state index contributed by atoms with van der Waals surface area (Å²) >= 11 is 0. The molecule has 0 amide bonds. The van der Waals surface area contributed by atoms with Crippen LogP contribution in [0.2, 0.25) is 0 Å². The molecule has 31 heavy (non-hydrogen) atoms. The highest BCUT2D eigenvalue weighted by molar-refractivity contribution is 5.92. The van der Waals surface area contributed by atoms with Gasteiger partial charge in [0, 0.05) is 23.3 Å². The van der Waals surface area contributed by atoms with Gasteiger partial charge in [-0.15, -0.1) is 0 Å². The van der Waals surface area contributed by atoms with Gasteiger partial charge in [-0.2, -0.15) is 0 Å². The van der Waals surface area contributed by atoms with E-state index in [4.69, 9.17) is 23.7 Å². The molecular formula is C24H29NO6. The van der Waals surface area contributed by atoms with E-state index in [2.05, 4.69) is 18.9 Å². The minimum Gasteiger partial charge on any atom is -0.505 e. The summed E-state index contributed by atoms with van der Waals surface area (Å²) in [4.78, 5) is 14.8. The second-order valence-electron chi connectivity index (χ2n) is 7.94. The van der Waals surface area contributed by atoms with Crippen molar-refractivity contribution in [3.8, 4) is 17.2 Å². The molecule has 0 saturated heterocycles. The Morgan fingerprint density at radius 3 is 2.68 bits per heavy atom. The molecule has 2 atom stereocenters. The summed E-state index contributed by atoms with van der Waals surface area (Å²) in [6, 6.07) is -0.192. The molecule has 0 radical (unpaired) electrons. The Morgan fingerprint density at radius 1 is 1.16 bits per heavy atom. The maximum absolute atomic E-state index is 12.6. The Bertz CT molecular complexity index is 977. The number of ether oxygens (including phenoxy) is 5. The van der Waals surface area contributed by atoms with Crippen molar-refractivity contribution in [1.82, 2.24) is 4.90 Å². The third-order valence-electron chi connectivity index (χ3n) is 6.24. The number of nitrogens with zero attached hydrogens (tertiary/aromatic N) is 1. The van der Waals surface area contributed by atoms with E-state index >= 15 is 0 Å². The van der Waals surface area contributed by atoms with Gasteiger partial charge >= 0.3 is 5.97 Å². The summed E-state index contributed by atoms with van der Waals surface area (Å²) in [6.07, 6.45) is 8.66. The summed E-state index contributed by atoms with van der Waals surface area (Å²) in [7, 11) is 5.31. The predicted molar refractivity (Wildman–Crippen MR) is 115 cm³/mol. The zero-order valence-corrected chi connectivity index (χ0v) is 18.7. The van der Waals surface area contributed by atoms with Crippen LogP contribution >= 0.6 is 0 Å². The molecule has 3 aliphatic heterocycles. The number of benzene rings is 1. The average Bonchev–Trinajstić information content (AvgIpc) is 3.35. The first kappa shape index (κ1) is 21.3. The number of likely N-dealkylation sites (N-methyl/N-ethyl adjacent to an activating group) is 1. The number of allylic oxidation sites excluding steroid dienone is 2. The van der Waals surface area contributed by atoms with Crippen LogP contribution in [0.1, 0.15) is 36.1 Å². The summed E-state index contributed by atoms with van der Waals surface area (Å²) < 4.78 is 28.2. The van der Waals surface area contributed by atoms with Crippen molar-refractivity contribution >= 4 is 5.97 Å². The molecule has 0 aromatic heterocycles. The first-order valence-electron chi connectivity index (χ1n) is 10.4. The zero-order valence-electron chi connectivity index (χ0n) is 18.7. The fraction of sp³-hybridized carbons (Fsp3) is 0.458. The topological polar surface area (TPSA) is 66.5 Å². The van der Waals surface area contributed by atoms with Gasteiger partial charge in [0.1, 0.15) is 6.10 Å². The number of esters is 1. The zero-order chi connectivity index (χ0) is 22.1. The summed E-state index contributed by atoms with van der Waals surface area (Å²) in [6.45, 7) is 4.88. The molecule has 7 nitrogen and oxygen atoms in total. The van der Waals surface area contributed by atoms with Crippen LogP contribution in [0.3, 0.4) is 0 Å². The molecule has 0 fully saturated rings. The molecule has 0 spiro atoms. The second-order valence-corrected chi connectivity index (χ2v) is 7.94. The van der Waals surface area contributed by atoms with E-state index < -0.39 is 6.10 Å². The molecule has 0 aliphatic carbocycles. The Balaban J connectivity index is 1.79. The van der Waals surface area contributed by atoms with E-state index in [0.717, 1.165) is 35.4 Å². The SMILES string of the molecule is CO/C=C/CC=CC1=C(C)C(=O)OC1C1c2c(c(C)c3c(c2OC)OCO3)CCN1C. The highest BCUT2D eigenvalue weighted by Gasteiger charge is 2.45. The molecule has 0 N–H and O–H groups in total. The van der Waals surface area contributed by atoms with Gasteiger partial charge in [-0.1, -0.05) is 12.2 Å². The largest absolute Gasteiger partial charge is 0.505 e. The third kappa shape index (κ3) is 3.57. The standard InChI is InChI=1S/C24H29NO6/c1-14-16-10-11-25(3)19(18(16)22(28-5)23-20(14)29-13-30-23)21-17(15(2)24(26)31-21)9-7-6-8-12-27-4/h7-9,12,19,21H,6,10-11,13H2,1-5H3/b9-7?,12-8+. The van der Waals surface area contributed by atoms with E-state index in [-0.39, 0.29) is 18.8 Å². The lowest BCUT2D eigenvalue weighted by Gasteiger charge is -2.39. The number of fused-ring (bicyclic) bond motifs is 2. The fourth-order valence-corrected chi connectivity index (χ4v) is 4.67. The highest BCUT2D eigenvalue weighted by Crippen LogP contribution is 2.53. The van der Waals surface area contributed by atoms with E-state index in [1.165, 1.54) is 5.56 Å². The van der Waals surface area contributed by atoms with Crippen LogP contribution in [0.15, 0.2) is 35.6 Å². The first-order valence-corrected chi connectivity index (χ1v) is 10.4. The third-order valence-corrected chi connectivity index (χ3v) is 6.24. The van der Waals surface area contributed by atoms with Crippen LogP contribution in [0.5, 0.6) is 17.2 Å². The minimum absolute atomic E-state index is 0.177. The smallest absolute Gasteiger partial charge is 0.334 e. The highest BCUT2D eigenvalue weighted by atomic mass is 16.7. The molecule has 1 aromatic rings. The number of hydrogen-bond donors (Lipinski definition) is 0. The van der Waals surface area contributed by atoms with Crippen LogP contribution in [0.4, 0.5) is 0 Å². The Labute approximate surface area is 182 Å². The predicted octanol–water partition coefficient (Wildman–Crippen LogP) is 3.61. The summed E-state index contributed by atoms with van der Waals surface area (Å²) in [5.74, 6) is 1.76. The van der Waals surface area contributed by atoms with Crippen LogP contribution in [0, 0.1) is 6.92 Å². The van der Waals surface area contributed by atoms with Gasteiger partial charge in [0.05, 0.1) is 26.5 Å². The monoisotopic (exact) mass is 427 g/mol. The molecule has 3 heterocycles. The van der Waals surface area contributed by atoms with Gasteiger partial charge in [-0.05, 0) is 50.9 Å². The number of methoxy groups -OCH3 is 2. The van der Waals surface area contributed by atoms with Gasteiger partial charge in [0.15, 0.2) is 11.5 Å². The Kier molecular flexibility index (Phi) is 5.96. The quantitative estimate of drug-likeness (QED) is 0.508. The van der Waals surface area contributed by atoms with Crippen LogP contribution in [-0.2, 0) is 20.7 Å². The number of hydrogen-bond acceptors (Lipinski definition) is 7. The van der Waals surface area contributed by atoms with Gasteiger partial charge < -0.3 is 23.7 Å².